The van der Waals surface area contributed by atoms with Gasteiger partial charge >= 0.3 is 0 Å². The number of ether oxygens (including phenoxy) is 3. The van der Waals surface area contributed by atoms with Crippen LogP contribution in [-0.2, 0) is 6.54 Å². The molecule has 0 radical (unpaired) electrons. The van der Waals surface area contributed by atoms with Crippen LogP contribution in [0.3, 0.4) is 0 Å². The zero-order chi connectivity index (χ0) is 16.7. The standard InChI is InChI=1S/C17H25N3O3.HI/c1-5-8-18-17(20-13-6-7-13)19-11-12-9-14(21-2)16(23-4)15(10-12)22-3;/h5,9-10,13H,1,6-8,11H2,2-4H3,(H2,18,19,20);1H. The first-order valence-corrected chi connectivity index (χ1v) is 7.66. The number of hydrogen-bond donors (Lipinski definition) is 2. The first kappa shape index (κ1) is 20.4. The maximum atomic E-state index is 5.37. The quantitative estimate of drug-likeness (QED) is 0.278. The highest BCUT2D eigenvalue weighted by Gasteiger charge is 2.22. The van der Waals surface area contributed by atoms with E-state index in [0.717, 1.165) is 11.5 Å². The van der Waals surface area contributed by atoms with Crippen molar-refractivity contribution < 1.29 is 14.2 Å². The van der Waals surface area contributed by atoms with Crippen molar-refractivity contribution in [2.24, 2.45) is 4.99 Å². The summed E-state index contributed by atoms with van der Waals surface area (Å²) in [6.45, 7) is 4.90. The largest absolute Gasteiger partial charge is 0.493 e. The van der Waals surface area contributed by atoms with Gasteiger partial charge in [0.25, 0.3) is 0 Å². The molecule has 0 aromatic heterocycles. The molecule has 0 saturated heterocycles. The van der Waals surface area contributed by atoms with Gasteiger partial charge in [-0.05, 0) is 30.5 Å². The van der Waals surface area contributed by atoms with E-state index in [9.17, 15) is 0 Å². The second kappa shape index (κ2) is 10.3. The molecule has 2 N–H and O–H groups in total. The molecule has 0 aliphatic heterocycles. The van der Waals surface area contributed by atoms with E-state index >= 15 is 0 Å². The Balaban J connectivity index is 0.00000288. The van der Waals surface area contributed by atoms with Crippen molar-refractivity contribution in [1.82, 2.24) is 10.6 Å². The average molecular weight is 447 g/mol. The number of benzene rings is 1. The molecule has 7 heteroatoms. The Hall–Kier alpha value is -1.64. The molecule has 0 amide bonds. The summed E-state index contributed by atoms with van der Waals surface area (Å²) in [4.78, 5) is 4.61. The number of methoxy groups -OCH3 is 3. The number of halogens is 1. The smallest absolute Gasteiger partial charge is 0.203 e. The van der Waals surface area contributed by atoms with Gasteiger partial charge in [-0.1, -0.05) is 6.08 Å². The molecule has 0 unspecified atom stereocenters. The fraction of sp³-hybridized carbons (Fsp3) is 0.471. The lowest BCUT2D eigenvalue weighted by atomic mass is 10.2. The summed E-state index contributed by atoms with van der Waals surface area (Å²) < 4.78 is 16.1. The van der Waals surface area contributed by atoms with E-state index in [2.05, 4.69) is 22.2 Å². The van der Waals surface area contributed by atoms with Crippen molar-refractivity contribution in [1.29, 1.82) is 0 Å². The number of aliphatic imine (C=N–C) groups is 1. The second-order valence-corrected chi connectivity index (χ2v) is 5.29. The predicted octanol–water partition coefficient (Wildman–Crippen LogP) is 2.71. The van der Waals surface area contributed by atoms with E-state index in [-0.39, 0.29) is 24.0 Å². The van der Waals surface area contributed by atoms with Crippen molar-refractivity contribution in [3.8, 4) is 17.2 Å². The lowest BCUT2D eigenvalue weighted by Crippen LogP contribution is -2.38. The summed E-state index contributed by atoms with van der Waals surface area (Å²) >= 11 is 0. The van der Waals surface area contributed by atoms with Gasteiger partial charge < -0.3 is 24.8 Å². The van der Waals surface area contributed by atoms with E-state index < -0.39 is 0 Å². The monoisotopic (exact) mass is 447 g/mol. The molecule has 6 nitrogen and oxygen atoms in total. The van der Waals surface area contributed by atoms with Crippen molar-refractivity contribution >= 4 is 29.9 Å². The van der Waals surface area contributed by atoms with Crippen molar-refractivity contribution in [3.05, 3.63) is 30.4 Å². The van der Waals surface area contributed by atoms with Gasteiger partial charge in [0, 0.05) is 12.6 Å². The summed E-state index contributed by atoms with van der Waals surface area (Å²) in [6.07, 6.45) is 4.20. The fourth-order valence-electron chi connectivity index (χ4n) is 2.14. The summed E-state index contributed by atoms with van der Waals surface area (Å²) in [7, 11) is 4.81. The highest BCUT2D eigenvalue weighted by Crippen LogP contribution is 2.38. The molecule has 1 aliphatic rings. The maximum absolute atomic E-state index is 5.37. The minimum Gasteiger partial charge on any atom is -0.493 e. The number of rotatable bonds is 8. The number of guanidine groups is 1. The van der Waals surface area contributed by atoms with Crippen LogP contribution in [0, 0.1) is 0 Å². The van der Waals surface area contributed by atoms with Crippen molar-refractivity contribution in [2.45, 2.75) is 25.4 Å². The molecule has 0 bridgehead atoms. The van der Waals surface area contributed by atoms with Gasteiger partial charge in [-0.3, -0.25) is 0 Å². The van der Waals surface area contributed by atoms with Crippen LogP contribution >= 0.6 is 24.0 Å². The predicted molar refractivity (Wildman–Crippen MR) is 107 cm³/mol. The van der Waals surface area contributed by atoms with Gasteiger partial charge in [0.2, 0.25) is 5.75 Å². The first-order valence-electron chi connectivity index (χ1n) is 7.66. The van der Waals surface area contributed by atoms with Gasteiger partial charge in [0.05, 0.1) is 27.9 Å². The van der Waals surface area contributed by atoms with E-state index in [4.69, 9.17) is 14.2 Å². The van der Waals surface area contributed by atoms with E-state index in [1.54, 1.807) is 21.3 Å². The molecule has 1 aromatic rings. The normalized spacial score (nSPS) is 13.5. The number of nitrogens with zero attached hydrogens (tertiary/aromatic N) is 1. The van der Waals surface area contributed by atoms with Crippen LogP contribution in [0.1, 0.15) is 18.4 Å². The molecule has 24 heavy (non-hydrogen) atoms. The summed E-state index contributed by atoms with van der Waals surface area (Å²) in [5.41, 5.74) is 0.981. The Morgan fingerprint density at radius 3 is 2.29 bits per heavy atom. The zero-order valence-corrected chi connectivity index (χ0v) is 16.8. The SMILES string of the molecule is C=CCNC(=NCc1cc(OC)c(OC)c(OC)c1)NC1CC1.I. The van der Waals surface area contributed by atoms with Gasteiger partial charge in [0.15, 0.2) is 17.5 Å². The molecule has 0 heterocycles. The topological polar surface area (TPSA) is 64.1 Å². The first-order chi connectivity index (χ1) is 11.2. The second-order valence-electron chi connectivity index (χ2n) is 5.29. The molecule has 1 aliphatic carbocycles. The van der Waals surface area contributed by atoms with E-state index in [1.165, 1.54) is 12.8 Å². The van der Waals surface area contributed by atoms with Crippen LogP contribution in [0.2, 0.25) is 0 Å². The van der Waals surface area contributed by atoms with Crippen LogP contribution in [0.15, 0.2) is 29.8 Å². The van der Waals surface area contributed by atoms with Crippen molar-refractivity contribution in [3.63, 3.8) is 0 Å². The Morgan fingerprint density at radius 1 is 1.21 bits per heavy atom. The molecular formula is C17H26IN3O3. The zero-order valence-electron chi connectivity index (χ0n) is 14.4. The minimum atomic E-state index is 0. The Bertz CT molecular complexity index is 549. The van der Waals surface area contributed by atoms with Gasteiger partial charge in [-0.2, -0.15) is 0 Å². The lowest BCUT2D eigenvalue weighted by Gasteiger charge is -2.14. The minimum absolute atomic E-state index is 0. The third kappa shape index (κ3) is 5.77. The van der Waals surface area contributed by atoms with Gasteiger partial charge in [-0.15, -0.1) is 30.6 Å². The van der Waals surface area contributed by atoms with Gasteiger partial charge in [-0.25, -0.2) is 4.99 Å². The molecule has 0 spiro atoms. The van der Waals surface area contributed by atoms with Gasteiger partial charge in [0.1, 0.15) is 0 Å². The van der Waals surface area contributed by atoms with E-state index in [1.807, 2.05) is 18.2 Å². The highest BCUT2D eigenvalue weighted by molar-refractivity contribution is 14.0. The fourth-order valence-corrected chi connectivity index (χ4v) is 2.14. The molecule has 134 valence electrons. The molecular weight excluding hydrogens is 421 g/mol. The van der Waals surface area contributed by atoms with Crippen LogP contribution < -0.4 is 24.8 Å². The third-order valence-electron chi connectivity index (χ3n) is 3.48. The Morgan fingerprint density at radius 2 is 1.83 bits per heavy atom. The van der Waals surface area contributed by atoms with Crippen LogP contribution in [0.5, 0.6) is 17.2 Å². The third-order valence-corrected chi connectivity index (χ3v) is 3.48. The Kier molecular flexibility index (Phi) is 8.73. The molecule has 1 aromatic carbocycles. The molecule has 0 atom stereocenters. The average Bonchev–Trinajstić information content (AvgIpc) is 3.40. The molecule has 1 saturated carbocycles. The summed E-state index contributed by atoms with van der Waals surface area (Å²) in [5, 5.41) is 6.60. The van der Waals surface area contributed by atoms with Crippen LogP contribution in [-0.4, -0.2) is 39.9 Å². The summed E-state index contributed by atoms with van der Waals surface area (Å²) in [5.74, 6) is 2.64. The van der Waals surface area contributed by atoms with Crippen LogP contribution in [0.25, 0.3) is 0 Å². The van der Waals surface area contributed by atoms with E-state index in [0.29, 0.717) is 36.4 Å². The maximum Gasteiger partial charge on any atom is 0.203 e. The highest BCUT2D eigenvalue weighted by atomic mass is 127. The van der Waals surface area contributed by atoms with Crippen LogP contribution in [0.4, 0.5) is 0 Å². The van der Waals surface area contributed by atoms with Crippen molar-refractivity contribution in [2.75, 3.05) is 27.9 Å². The number of nitrogens with one attached hydrogen (secondary N) is 2. The molecule has 1 fully saturated rings. The Labute approximate surface area is 160 Å². The lowest BCUT2D eigenvalue weighted by molar-refractivity contribution is 0.324. The number of hydrogen-bond acceptors (Lipinski definition) is 4. The molecule has 2 rings (SSSR count). The summed E-state index contributed by atoms with van der Waals surface area (Å²) in [6, 6.07) is 4.35.